The summed E-state index contributed by atoms with van der Waals surface area (Å²) in [6.45, 7) is 3.28. The summed E-state index contributed by atoms with van der Waals surface area (Å²) in [6, 6.07) is 2.84. The molecule has 0 atom stereocenters. The van der Waals surface area contributed by atoms with Gasteiger partial charge in [-0.3, -0.25) is 4.98 Å². The quantitative estimate of drug-likeness (QED) is 0.808. The molecule has 1 aliphatic carbocycles. The molecule has 0 saturated heterocycles. The highest BCUT2D eigenvalue weighted by Gasteiger charge is 2.28. The third-order valence-corrected chi connectivity index (χ3v) is 3.00. The first-order valence-corrected chi connectivity index (χ1v) is 5.48. The van der Waals surface area contributed by atoms with Crippen molar-refractivity contribution in [1.29, 1.82) is 0 Å². The first-order chi connectivity index (χ1) is 6.33. The smallest absolute Gasteiger partial charge is 0.0592 e. The van der Waals surface area contributed by atoms with Crippen molar-refractivity contribution in [3.05, 3.63) is 22.9 Å². The Bertz CT molecular complexity index is 297. The van der Waals surface area contributed by atoms with E-state index in [1.54, 1.807) is 0 Å². The molecule has 0 spiro atoms. The average Bonchev–Trinajstić information content (AvgIpc) is 2.93. The lowest BCUT2D eigenvalue weighted by Crippen LogP contribution is -2.25. The molecule has 1 saturated carbocycles. The fourth-order valence-corrected chi connectivity index (χ4v) is 2.09. The Kier molecular flexibility index (Phi) is 2.54. The molecule has 1 aromatic heterocycles. The third kappa shape index (κ3) is 1.85. The molecule has 1 heterocycles. The molecule has 2 rings (SSSR count). The molecule has 0 aliphatic heterocycles. The maximum absolute atomic E-state index is 4.07. The highest BCUT2D eigenvalue weighted by atomic mass is 79.9. The van der Waals surface area contributed by atoms with Crippen molar-refractivity contribution >= 4 is 21.6 Å². The van der Waals surface area contributed by atoms with Crippen molar-refractivity contribution in [2.24, 2.45) is 0 Å². The topological polar surface area (TPSA) is 16.1 Å². The average molecular weight is 241 g/mol. The molecule has 0 bridgehead atoms. The Morgan fingerprint density at radius 1 is 1.62 bits per heavy atom. The van der Waals surface area contributed by atoms with Gasteiger partial charge < -0.3 is 4.90 Å². The number of halogens is 1. The van der Waals surface area contributed by atoms with Gasteiger partial charge in [0.05, 0.1) is 10.2 Å². The number of aromatic nitrogens is 1. The number of hydrogen-bond donors (Lipinski definition) is 0. The first-order valence-electron chi connectivity index (χ1n) is 4.69. The Labute approximate surface area is 87.1 Å². The van der Waals surface area contributed by atoms with Crippen LogP contribution in [0.3, 0.4) is 0 Å². The first kappa shape index (κ1) is 9.00. The van der Waals surface area contributed by atoms with Crippen LogP contribution in [0.5, 0.6) is 0 Å². The molecule has 0 amide bonds. The van der Waals surface area contributed by atoms with Crippen LogP contribution in [-0.4, -0.2) is 17.6 Å². The predicted molar refractivity (Wildman–Crippen MR) is 58.0 cm³/mol. The number of hydrogen-bond acceptors (Lipinski definition) is 2. The highest BCUT2D eigenvalue weighted by Crippen LogP contribution is 2.34. The zero-order valence-corrected chi connectivity index (χ0v) is 9.29. The number of rotatable bonds is 3. The van der Waals surface area contributed by atoms with Crippen LogP contribution in [0.15, 0.2) is 22.9 Å². The Morgan fingerprint density at radius 3 is 2.92 bits per heavy atom. The monoisotopic (exact) mass is 240 g/mol. The van der Waals surface area contributed by atoms with Crippen LogP contribution < -0.4 is 4.90 Å². The minimum atomic E-state index is 0.767. The second kappa shape index (κ2) is 3.66. The zero-order valence-electron chi connectivity index (χ0n) is 7.70. The molecular formula is C10H13BrN2. The highest BCUT2D eigenvalue weighted by molar-refractivity contribution is 9.10. The molecule has 13 heavy (non-hydrogen) atoms. The minimum Gasteiger partial charge on any atom is -0.368 e. The van der Waals surface area contributed by atoms with Crippen LogP contribution in [0.4, 0.5) is 5.69 Å². The molecule has 0 N–H and O–H groups in total. The van der Waals surface area contributed by atoms with Crippen molar-refractivity contribution in [3.63, 3.8) is 0 Å². The summed E-state index contributed by atoms with van der Waals surface area (Å²) in [5, 5.41) is 0. The zero-order chi connectivity index (χ0) is 9.26. The third-order valence-electron chi connectivity index (χ3n) is 2.39. The largest absolute Gasteiger partial charge is 0.368 e. The van der Waals surface area contributed by atoms with E-state index in [9.17, 15) is 0 Å². The molecule has 70 valence electrons. The molecule has 3 heteroatoms. The van der Waals surface area contributed by atoms with Crippen molar-refractivity contribution in [1.82, 2.24) is 4.98 Å². The van der Waals surface area contributed by atoms with Crippen molar-refractivity contribution in [3.8, 4) is 0 Å². The van der Waals surface area contributed by atoms with Gasteiger partial charge in [0.15, 0.2) is 0 Å². The number of anilines is 1. The van der Waals surface area contributed by atoms with E-state index in [1.165, 1.54) is 18.5 Å². The SMILES string of the molecule is CCN(c1ccncc1Br)C1CC1. The molecule has 0 radical (unpaired) electrons. The van der Waals surface area contributed by atoms with E-state index in [1.807, 2.05) is 12.4 Å². The van der Waals surface area contributed by atoms with Gasteiger partial charge in [0.25, 0.3) is 0 Å². The Morgan fingerprint density at radius 2 is 2.38 bits per heavy atom. The molecule has 1 aromatic rings. The van der Waals surface area contributed by atoms with Gasteiger partial charge in [0.2, 0.25) is 0 Å². The van der Waals surface area contributed by atoms with E-state index in [2.05, 4.69) is 38.8 Å². The summed E-state index contributed by atoms with van der Waals surface area (Å²) < 4.78 is 1.10. The Hall–Kier alpha value is -0.570. The molecule has 0 unspecified atom stereocenters. The van der Waals surface area contributed by atoms with E-state index < -0.39 is 0 Å². The summed E-state index contributed by atoms with van der Waals surface area (Å²) in [5.41, 5.74) is 1.28. The predicted octanol–water partition coefficient (Wildman–Crippen LogP) is 2.83. The van der Waals surface area contributed by atoms with E-state index in [0.717, 1.165) is 17.1 Å². The summed E-state index contributed by atoms with van der Waals surface area (Å²) in [7, 11) is 0. The van der Waals surface area contributed by atoms with Gasteiger partial charge >= 0.3 is 0 Å². The number of nitrogens with zero attached hydrogens (tertiary/aromatic N) is 2. The van der Waals surface area contributed by atoms with Gasteiger partial charge in [0.1, 0.15) is 0 Å². The van der Waals surface area contributed by atoms with Crippen LogP contribution in [0, 0.1) is 0 Å². The molecular weight excluding hydrogens is 228 g/mol. The lowest BCUT2D eigenvalue weighted by molar-refractivity contribution is 0.822. The lowest BCUT2D eigenvalue weighted by atomic mass is 10.3. The van der Waals surface area contributed by atoms with E-state index >= 15 is 0 Å². The fourth-order valence-electron chi connectivity index (χ4n) is 1.61. The second-order valence-corrected chi connectivity index (χ2v) is 4.20. The Balaban J connectivity index is 2.26. The van der Waals surface area contributed by atoms with E-state index in [-0.39, 0.29) is 0 Å². The van der Waals surface area contributed by atoms with Gasteiger partial charge in [0, 0.05) is 25.0 Å². The van der Waals surface area contributed by atoms with Crippen LogP contribution in [-0.2, 0) is 0 Å². The van der Waals surface area contributed by atoms with E-state index in [0.29, 0.717) is 0 Å². The molecule has 1 aliphatic rings. The van der Waals surface area contributed by atoms with Crippen LogP contribution in [0.2, 0.25) is 0 Å². The summed E-state index contributed by atoms with van der Waals surface area (Å²) >= 11 is 3.53. The maximum Gasteiger partial charge on any atom is 0.0592 e. The van der Waals surface area contributed by atoms with Gasteiger partial charge in [-0.25, -0.2) is 0 Å². The molecule has 0 aromatic carbocycles. The summed E-state index contributed by atoms with van der Waals surface area (Å²) in [4.78, 5) is 6.50. The second-order valence-electron chi connectivity index (χ2n) is 3.34. The van der Waals surface area contributed by atoms with Gasteiger partial charge in [-0.1, -0.05) is 0 Å². The van der Waals surface area contributed by atoms with Crippen LogP contribution in [0.25, 0.3) is 0 Å². The molecule has 2 nitrogen and oxygen atoms in total. The summed E-state index contributed by atoms with van der Waals surface area (Å²) in [6.07, 6.45) is 6.39. The number of pyridine rings is 1. The van der Waals surface area contributed by atoms with Crippen LogP contribution >= 0.6 is 15.9 Å². The maximum atomic E-state index is 4.07. The summed E-state index contributed by atoms with van der Waals surface area (Å²) in [5.74, 6) is 0. The lowest BCUT2D eigenvalue weighted by Gasteiger charge is -2.23. The fraction of sp³-hybridized carbons (Fsp3) is 0.500. The molecule has 1 fully saturated rings. The minimum absolute atomic E-state index is 0.767. The van der Waals surface area contributed by atoms with Crippen molar-refractivity contribution < 1.29 is 0 Å². The van der Waals surface area contributed by atoms with Crippen LogP contribution in [0.1, 0.15) is 19.8 Å². The van der Waals surface area contributed by atoms with E-state index in [4.69, 9.17) is 0 Å². The van der Waals surface area contributed by atoms with Gasteiger partial charge in [-0.2, -0.15) is 0 Å². The van der Waals surface area contributed by atoms with Crippen molar-refractivity contribution in [2.45, 2.75) is 25.8 Å². The van der Waals surface area contributed by atoms with Crippen molar-refractivity contribution in [2.75, 3.05) is 11.4 Å². The van der Waals surface area contributed by atoms with Gasteiger partial charge in [-0.15, -0.1) is 0 Å². The standard InChI is InChI=1S/C10H13BrN2/c1-2-13(8-3-4-8)10-5-6-12-7-9(10)11/h5-8H,2-4H2,1H3. The van der Waals surface area contributed by atoms with Gasteiger partial charge in [-0.05, 0) is 41.8 Å². The normalized spacial score (nSPS) is 15.8.